The lowest BCUT2D eigenvalue weighted by Gasteiger charge is -2.44. The molecule has 5 nitrogen and oxygen atoms in total. The third-order valence-corrected chi connectivity index (χ3v) is 26.4. The minimum Gasteiger partial charge on any atom is -0.458 e. The number of hydrogen-bond donors (Lipinski definition) is 0. The molecule has 0 radical (unpaired) electrons. The average molecular weight is 1510 g/mol. The Morgan fingerprint density at radius 1 is 0.263 bits per heavy atom. The van der Waals surface area contributed by atoms with Crippen molar-refractivity contribution in [3.8, 4) is 107 Å². The lowest BCUT2D eigenvalue weighted by molar-refractivity contribution is 0.466. The number of ether oxygens (including phenoxy) is 2. The standard InChI is InChI=1S/C111H79B2N3O2/c1-109(2,3)73-60-83(68-34-11-7-12-35-68)107(84(61-73)69-36-13-8-14-37-69)115-96-56-31-27-52-90(96)112-92-66-93-101(67-100(92)117-102-59-72(58-98(115)105(102)112)76-47-33-48-82-79-44-21-26-51-89(79)111(104(76)82)87-49-24-19-42-77(87)78-43-20-25-50-88(78)111)118-103-65-75(114-94-54-29-22-45-80(94)81-46-23-30-55-95(81)114)64-99-106(103)113(93)91-53-28-32-57-97(91)116(99)108-85(70-38-15-9-16-39-70)62-74(110(4,5)6)63-86(108)71-40-17-10-18-41-71/h7-67H,1-6H3. The van der Waals surface area contributed by atoms with Crippen molar-refractivity contribution < 1.29 is 9.47 Å². The molecule has 0 fully saturated rings. The molecule has 4 aliphatic heterocycles. The molecule has 118 heavy (non-hydrogen) atoms. The average Bonchev–Trinajstić information content (AvgIpc) is 1.40. The van der Waals surface area contributed by atoms with Gasteiger partial charge in [-0.2, -0.15) is 0 Å². The maximum absolute atomic E-state index is 8.10. The Morgan fingerprint density at radius 3 is 1.08 bits per heavy atom. The van der Waals surface area contributed by atoms with Gasteiger partial charge in [0, 0.05) is 67.9 Å². The van der Waals surface area contributed by atoms with Crippen LogP contribution in [0, 0.1) is 0 Å². The Labute approximate surface area is 689 Å². The Kier molecular flexibility index (Phi) is 14.7. The second-order valence-corrected chi connectivity index (χ2v) is 34.9. The van der Waals surface area contributed by atoms with Gasteiger partial charge in [0.15, 0.2) is 0 Å². The van der Waals surface area contributed by atoms with E-state index in [0.717, 1.165) is 151 Å². The van der Waals surface area contributed by atoms with Crippen molar-refractivity contribution in [3.05, 3.63) is 403 Å². The van der Waals surface area contributed by atoms with Crippen LogP contribution in [0.2, 0.25) is 0 Å². The molecule has 5 heterocycles. The van der Waals surface area contributed by atoms with E-state index in [1.807, 2.05) is 0 Å². The van der Waals surface area contributed by atoms with E-state index in [9.17, 15) is 0 Å². The quantitative estimate of drug-likeness (QED) is 0.142. The van der Waals surface area contributed by atoms with Crippen molar-refractivity contribution in [1.82, 2.24) is 4.57 Å². The van der Waals surface area contributed by atoms with Crippen LogP contribution in [0.4, 0.5) is 34.1 Å². The Morgan fingerprint density at radius 2 is 0.627 bits per heavy atom. The van der Waals surface area contributed by atoms with Gasteiger partial charge >= 0.3 is 0 Å². The normalized spacial score (nSPS) is 13.8. The highest BCUT2D eigenvalue weighted by atomic mass is 16.5. The molecule has 0 atom stereocenters. The third kappa shape index (κ3) is 9.82. The second kappa shape index (κ2) is 25.4. The van der Waals surface area contributed by atoms with Gasteiger partial charge in [-0.1, -0.05) is 333 Å². The van der Waals surface area contributed by atoms with E-state index in [2.05, 4.69) is 426 Å². The van der Waals surface area contributed by atoms with Crippen molar-refractivity contribution in [3.63, 3.8) is 0 Å². The summed E-state index contributed by atoms with van der Waals surface area (Å²) < 4.78 is 18.5. The van der Waals surface area contributed by atoms with Gasteiger partial charge in [-0.25, -0.2) is 0 Å². The second-order valence-electron chi connectivity index (χ2n) is 34.9. The zero-order valence-corrected chi connectivity index (χ0v) is 66.5. The molecule has 0 bridgehead atoms. The summed E-state index contributed by atoms with van der Waals surface area (Å²) in [5, 5.41) is 2.38. The molecule has 0 saturated carbocycles. The summed E-state index contributed by atoms with van der Waals surface area (Å²) >= 11 is 0. The number of aromatic nitrogens is 1. The monoisotopic (exact) mass is 1510 g/mol. The van der Waals surface area contributed by atoms with Crippen molar-refractivity contribution in [1.29, 1.82) is 0 Å². The molecule has 7 heteroatoms. The lowest BCUT2D eigenvalue weighted by Crippen LogP contribution is -2.63. The minimum atomic E-state index is -0.636. The van der Waals surface area contributed by atoms with Crippen LogP contribution >= 0.6 is 0 Å². The van der Waals surface area contributed by atoms with Crippen molar-refractivity contribution in [2.75, 3.05) is 9.80 Å². The van der Waals surface area contributed by atoms with Crippen LogP contribution in [0.5, 0.6) is 23.0 Å². The lowest BCUT2D eigenvalue weighted by atomic mass is 9.31. The maximum Gasteiger partial charge on any atom is 0.256 e. The van der Waals surface area contributed by atoms with Crippen molar-refractivity contribution >= 4 is 102 Å². The van der Waals surface area contributed by atoms with Crippen LogP contribution in [-0.2, 0) is 16.2 Å². The molecule has 1 aromatic heterocycles. The number of rotatable bonds is 8. The van der Waals surface area contributed by atoms with Crippen LogP contribution in [-0.4, -0.2) is 18.0 Å². The molecule has 1 spiro atoms. The maximum atomic E-state index is 8.10. The first kappa shape index (κ1) is 68.3. The summed E-state index contributed by atoms with van der Waals surface area (Å²) in [7, 11) is 0. The predicted molar refractivity (Wildman–Crippen MR) is 493 cm³/mol. The first-order valence-corrected chi connectivity index (χ1v) is 41.5. The highest BCUT2D eigenvalue weighted by molar-refractivity contribution is 7.02. The van der Waals surface area contributed by atoms with Gasteiger partial charge in [-0.15, -0.1) is 0 Å². The summed E-state index contributed by atoms with van der Waals surface area (Å²) in [6, 6.07) is 139. The van der Waals surface area contributed by atoms with E-state index in [0.29, 0.717) is 0 Å². The van der Waals surface area contributed by atoms with E-state index < -0.39 is 5.41 Å². The van der Waals surface area contributed by atoms with E-state index in [-0.39, 0.29) is 24.3 Å². The molecule has 17 aromatic carbocycles. The summed E-state index contributed by atoms with van der Waals surface area (Å²) in [6.07, 6.45) is 0. The van der Waals surface area contributed by atoms with Crippen LogP contribution in [0.15, 0.2) is 370 Å². The SMILES string of the molecule is CC(C)(C)c1cc(-c2ccccc2)c(N2c3ccccc3B3c4cc5c(cc4Oc4cc(-c6cccc7c6C6(c8ccccc8-c8ccccc86)c6ccccc6-7)cc2c43)Oc2cc(-n3c4ccccc4c4ccccc43)cc3c2B5c2ccccc2N3c2c(-c3ccccc3)cc(C(C)(C)C)cc2-c2ccccc2)c(-c2ccccc2)c1. The number of hydrogen-bond acceptors (Lipinski definition) is 4. The number of para-hydroxylation sites is 4. The smallest absolute Gasteiger partial charge is 0.256 e. The molecular formula is C111H79B2N3O2. The van der Waals surface area contributed by atoms with Gasteiger partial charge in [-0.3, -0.25) is 0 Å². The van der Waals surface area contributed by atoms with Crippen LogP contribution in [0.25, 0.3) is 105 Å². The largest absolute Gasteiger partial charge is 0.458 e. The molecule has 24 rings (SSSR count). The highest BCUT2D eigenvalue weighted by Crippen LogP contribution is 2.65. The molecular weight excluding hydrogens is 1430 g/mol. The molecule has 0 saturated heterocycles. The minimum absolute atomic E-state index is 0.185. The van der Waals surface area contributed by atoms with Crippen molar-refractivity contribution in [2.45, 2.75) is 57.8 Å². The van der Waals surface area contributed by atoms with Crippen LogP contribution < -0.4 is 52.1 Å². The molecule has 2 aliphatic carbocycles. The molecule has 0 amide bonds. The van der Waals surface area contributed by atoms with E-state index >= 15 is 0 Å². The zero-order valence-electron chi connectivity index (χ0n) is 66.5. The van der Waals surface area contributed by atoms with Gasteiger partial charge < -0.3 is 23.8 Å². The van der Waals surface area contributed by atoms with Crippen molar-refractivity contribution in [2.24, 2.45) is 0 Å². The van der Waals surface area contributed by atoms with Gasteiger partial charge in [0.1, 0.15) is 23.0 Å². The molecule has 556 valence electrons. The number of fused-ring (bicyclic) bond motifs is 21. The Balaban J connectivity index is 0.785. The summed E-state index contributed by atoms with van der Waals surface area (Å²) in [6.45, 7) is 13.4. The summed E-state index contributed by atoms with van der Waals surface area (Å²) in [5.41, 5.74) is 39.6. The fourth-order valence-electron chi connectivity index (χ4n) is 21.2. The van der Waals surface area contributed by atoms with E-state index in [4.69, 9.17) is 9.47 Å². The summed E-state index contributed by atoms with van der Waals surface area (Å²) in [4.78, 5) is 5.25. The highest BCUT2D eigenvalue weighted by Gasteiger charge is 2.54. The zero-order chi connectivity index (χ0) is 78.6. The molecule has 18 aromatic rings. The van der Waals surface area contributed by atoms with Crippen LogP contribution in [0.1, 0.15) is 74.9 Å². The summed E-state index contributed by atoms with van der Waals surface area (Å²) in [5.74, 6) is 3.13. The van der Waals surface area contributed by atoms with Gasteiger partial charge in [0.25, 0.3) is 13.4 Å². The fourth-order valence-corrected chi connectivity index (χ4v) is 21.2. The molecule has 6 aliphatic rings. The number of benzene rings is 17. The van der Waals surface area contributed by atoms with Crippen LogP contribution in [0.3, 0.4) is 0 Å². The molecule has 0 unspecified atom stereocenters. The Hall–Kier alpha value is -14.1. The van der Waals surface area contributed by atoms with Gasteiger partial charge in [0.2, 0.25) is 0 Å². The predicted octanol–water partition coefficient (Wildman–Crippen LogP) is 24.9. The molecule has 0 N–H and O–H groups in total. The van der Waals surface area contributed by atoms with E-state index in [1.54, 1.807) is 0 Å². The van der Waals surface area contributed by atoms with Gasteiger partial charge in [0.05, 0.1) is 33.5 Å². The first-order valence-electron chi connectivity index (χ1n) is 41.5. The fraction of sp³-hybridized carbons (Fsp3) is 0.0811. The topological polar surface area (TPSA) is 29.9 Å². The third-order valence-electron chi connectivity index (χ3n) is 26.4. The van der Waals surface area contributed by atoms with Gasteiger partial charge in [-0.05, 0) is 199 Å². The van der Waals surface area contributed by atoms with E-state index in [1.165, 1.54) is 77.3 Å². The number of nitrogens with zero attached hydrogens (tertiary/aromatic N) is 3. The number of anilines is 6. The first-order chi connectivity index (χ1) is 57.8. The Bertz CT molecular complexity index is 7060.